The lowest BCUT2D eigenvalue weighted by molar-refractivity contribution is 0.0594. The number of likely N-dealkylation sites (tertiary alicyclic amines) is 1. The minimum absolute atomic E-state index is 0.0141. The summed E-state index contributed by atoms with van der Waals surface area (Å²) in [6.07, 6.45) is 1.37. The van der Waals surface area contributed by atoms with Crippen LogP contribution in [0.15, 0.2) is 75.9 Å². The Morgan fingerprint density at radius 1 is 1.00 bits per heavy atom. The summed E-state index contributed by atoms with van der Waals surface area (Å²) in [6, 6.07) is 20.3. The predicted molar refractivity (Wildman–Crippen MR) is 116 cm³/mol. The maximum Gasteiger partial charge on any atom is 0.339 e. The summed E-state index contributed by atoms with van der Waals surface area (Å²) >= 11 is 0. The number of amides is 1. The van der Waals surface area contributed by atoms with Gasteiger partial charge in [0, 0.05) is 37.6 Å². The highest BCUT2D eigenvalue weighted by molar-refractivity contribution is 5.94. The van der Waals surface area contributed by atoms with E-state index in [1.165, 1.54) is 6.07 Å². The first-order chi connectivity index (χ1) is 15.1. The highest BCUT2D eigenvalue weighted by atomic mass is 16.5. The fourth-order valence-electron chi connectivity index (χ4n) is 3.66. The van der Waals surface area contributed by atoms with E-state index < -0.39 is 5.63 Å². The van der Waals surface area contributed by atoms with Gasteiger partial charge in [0.15, 0.2) is 0 Å². The Morgan fingerprint density at radius 3 is 2.52 bits per heavy atom. The van der Waals surface area contributed by atoms with Gasteiger partial charge in [-0.25, -0.2) is 4.79 Å². The standard InChI is InChI=1S/C25H25NO5/c1-18-14-23(16-24(27)30-18)31-21-10-12-26(13-11-21)25(28)20-8-5-9-22(15-20)29-17-19-6-3-2-4-7-19/h2-9,14-16,21H,10-13,17H2,1H3. The molecule has 1 amide bonds. The maximum absolute atomic E-state index is 13.0. The van der Waals surface area contributed by atoms with Gasteiger partial charge >= 0.3 is 5.63 Å². The van der Waals surface area contributed by atoms with Crippen LogP contribution in [0.25, 0.3) is 0 Å². The third-order valence-electron chi connectivity index (χ3n) is 5.23. The van der Waals surface area contributed by atoms with Gasteiger partial charge in [-0.1, -0.05) is 36.4 Å². The lowest BCUT2D eigenvalue weighted by Gasteiger charge is -2.32. The predicted octanol–water partition coefficient (Wildman–Crippen LogP) is 4.21. The zero-order valence-corrected chi connectivity index (χ0v) is 17.5. The molecule has 1 aliphatic rings. The van der Waals surface area contributed by atoms with Crippen LogP contribution in [0.2, 0.25) is 0 Å². The summed E-state index contributed by atoms with van der Waals surface area (Å²) < 4.78 is 16.7. The Labute approximate surface area is 181 Å². The van der Waals surface area contributed by atoms with Crippen LogP contribution in [-0.2, 0) is 6.61 Å². The molecule has 0 spiro atoms. The van der Waals surface area contributed by atoms with Crippen LogP contribution in [0.3, 0.4) is 0 Å². The van der Waals surface area contributed by atoms with Crippen LogP contribution < -0.4 is 15.1 Å². The molecule has 1 saturated heterocycles. The lowest BCUT2D eigenvalue weighted by atomic mass is 10.1. The molecule has 0 unspecified atom stereocenters. The number of carbonyl (C=O) groups is 1. The molecule has 0 atom stereocenters. The Hall–Kier alpha value is -3.54. The summed E-state index contributed by atoms with van der Waals surface area (Å²) in [5, 5.41) is 0. The van der Waals surface area contributed by atoms with Crippen molar-refractivity contribution >= 4 is 5.91 Å². The lowest BCUT2D eigenvalue weighted by Crippen LogP contribution is -2.41. The van der Waals surface area contributed by atoms with E-state index in [1.54, 1.807) is 19.1 Å². The smallest absolute Gasteiger partial charge is 0.339 e. The second-order valence-corrected chi connectivity index (χ2v) is 7.63. The van der Waals surface area contributed by atoms with Crippen molar-refractivity contribution < 1.29 is 18.7 Å². The molecule has 0 N–H and O–H groups in total. The zero-order valence-electron chi connectivity index (χ0n) is 17.5. The van der Waals surface area contributed by atoms with Crippen molar-refractivity contribution in [1.29, 1.82) is 0 Å². The molecule has 0 aliphatic carbocycles. The van der Waals surface area contributed by atoms with Crippen LogP contribution in [0.5, 0.6) is 11.5 Å². The monoisotopic (exact) mass is 419 g/mol. The SMILES string of the molecule is Cc1cc(OC2CCN(C(=O)c3cccc(OCc4ccccc4)c3)CC2)cc(=O)o1. The Balaban J connectivity index is 1.32. The average molecular weight is 419 g/mol. The summed E-state index contributed by atoms with van der Waals surface area (Å²) in [5.74, 6) is 1.69. The minimum atomic E-state index is -0.419. The topological polar surface area (TPSA) is 69.0 Å². The molecule has 2 aromatic carbocycles. The van der Waals surface area contributed by atoms with Gasteiger partial charge in [-0.15, -0.1) is 0 Å². The Kier molecular flexibility index (Phi) is 6.36. The van der Waals surface area contributed by atoms with Crippen molar-refractivity contribution in [2.75, 3.05) is 13.1 Å². The number of hydrogen-bond acceptors (Lipinski definition) is 5. The number of rotatable bonds is 6. The molecule has 0 radical (unpaired) electrons. The van der Waals surface area contributed by atoms with Crippen molar-refractivity contribution in [2.24, 2.45) is 0 Å². The van der Waals surface area contributed by atoms with E-state index in [9.17, 15) is 9.59 Å². The molecular formula is C25H25NO5. The van der Waals surface area contributed by atoms with E-state index in [-0.39, 0.29) is 12.0 Å². The van der Waals surface area contributed by atoms with Gasteiger partial charge in [-0.3, -0.25) is 4.79 Å². The number of piperidine rings is 1. The summed E-state index contributed by atoms with van der Waals surface area (Å²) in [4.78, 5) is 26.3. The maximum atomic E-state index is 13.0. The molecular weight excluding hydrogens is 394 g/mol. The molecule has 6 nitrogen and oxygen atoms in total. The molecule has 31 heavy (non-hydrogen) atoms. The zero-order chi connectivity index (χ0) is 21.6. The van der Waals surface area contributed by atoms with Gasteiger partial charge in [0.05, 0.1) is 6.07 Å². The Bertz CT molecular complexity index is 1080. The van der Waals surface area contributed by atoms with Crippen LogP contribution in [0.1, 0.15) is 34.5 Å². The van der Waals surface area contributed by atoms with Crippen molar-refractivity contribution in [3.8, 4) is 11.5 Å². The van der Waals surface area contributed by atoms with Gasteiger partial charge in [-0.05, 0) is 30.7 Å². The van der Waals surface area contributed by atoms with Crippen molar-refractivity contribution in [1.82, 2.24) is 4.90 Å². The first-order valence-electron chi connectivity index (χ1n) is 10.4. The number of aryl methyl sites for hydroxylation is 1. The number of carbonyl (C=O) groups excluding carboxylic acids is 1. The quantitative estimate of drug-likeness (QED) is 0.599. The largest absolute Gasteiger partial charge is 0.490 e. The number of hydrogen-bond donors (Lipinski definition) is 0. The normalized spacial score (nSPS) is 14.3. The van der Waals surface area contributed by atoms with Crippen molar-refractivity contribution in [3.63, 3.8) is 0 Å². The van der Waals surface area contributed by atoms with Crippen molar-refractivity contribution in [2.45, 2.75) is 32.5 Å². The molecule has 1 aliphatic heterocycles. The van der Waals surface area contributed by atoms with Crippen LogP contribution in [0.4, 0.5) is 0 Å². The molecule has 3 aromatic rings. The number of nitrogens with zero attached hydrogens (tertiary/aromatic N) is 1. The van der Waals surface area contributed by atoms with E-state index in [0.29, 0.717) is 55.4 Å². The van der Waals surface area contributed by atoms with E-state index in [0.717, 1.165) is 5.56 Å². The molecule has 0 saturated carbocycles. The fourth-order valence-corrected chi connectivity index (χ4v) is 3.66. The van der Waals surface area contributed by atoms with E-state index >= 15 is 0 Å². The molecule has 4 rings (SSSR count). The van der Waals surface area contributed by atoms with Crippen LogP contribution in [-0.4, -0.2) is 30.0 Å². The Morgan fingerprint density at radius 2 is 1.77 bits per heavy atom. The van der Waals surface area contributed by atoms with Gasteiger partial charge in [0.1, 0.15) is 30.0 Å². The fraction of sp³-hybridized carbons (Fsp3) is 0.280. The van der Waals surface area contributed by atoms with Gasteiger partial charge < -0.3 is 18.8 Å². The van der Waals surface area contributed by atoms with Gasteiger partial charge in [0.25, 0.3) is 5.91 Å². The van der Waals surface area contributed by atoms with Crippen LogP contribution >= 0.6 is 0 Å². The summed E-state index contributed by atoms with van der Waals surface area (Å²) in [7, 11) is 0. The van der Waals surface area contributed by atoms with Crippen molar-refractivity contribution in [3.05, 3.63) is 94.0 Å². The third kappa shape index (κ3) is 5.54. The summed E-state index contributed by atoms with van der Waals surface area (Å²) in [5.41, 5.74) is 1.27. The van der Waals surface area contributed by atoms with Gasteiger partial charge in [0.2, 0.25) is 0 Å². The third-order valence-corrected chi connectivity index (χ3v) is 5.23. The minimum Gasteiger partial charge on any atom is -0.490 e. The highest BCUT2D eigenvalue weighted by Crippen LogP contribution is 2.22. The first kappa shape index (κ1) is 20.7. The second kappa shape index (κ2) is 9.51. The van der Waals surface area contributed by atoms with E-state index in [2.05, 4.69) is 0 Å². The molecule has 160 valence electrons. The van der Waals surface area contributed by atoms with E-state index in [4.69, 9.17) is 13.9 Å². The van der Waals surface area contributed by atoms with E-state index in [1.807, 2.05) is 53.4 Å². The molecule has 0 bridgehead atoms. The number of benzene rings is 2. The second-order valence-electron chi connectivity index (χ2n) is 7.63. The first-order valence-corrected chi connectivity index (χ1v) is 10.4. The molecule has 1 fully saturated rings. The molecule has 2 heterocycles. The highest BCUT2D eigenvalue weighted by Gasteiger charge is 2.25. The van der Waals surface area contributed by atoms with Gasteiger partial charge in [-0.2, -0.15) is 0 Å². The summed E-state index contributed by atoms with van der Waals surface area (Å²) in [6.45, 7) is 3.36. The average Bonchev–Trinajstić information content (AvgIpc) is 2.78. The molecule has 6 heteroatoms. The molecule has 1 aromatic heterocycles. The van der Waals surface area contributed by atoms with Crippen LogP contribution in [0, 0.1) is 6.92 Å². The number of ether oxygens (including phenoxy) is 2.